The lowest BCUT2D eigenvalue weighted by Crippen LogP contribution is -2.42. The molecule has 3 N–H and O–H groups in total. The predicted octanol–water partition coefficient (Wildman–Crippen LogP) is 4.56. The zero-order valence-electron chi connectivity index (χ0n) is 18.8. The number of thiazole rings is 1. The molecule has 4 aromatic rings. The number of nitrogens with zero attached hydrogens (tertiary/aromatic N) is 1. The molecule has 0 radical (unpaired) electrons. The second-order valence-corrected chi connectivity index (χ2v) is 10.8. The van der Waals surface area contributed by atoms with E-state index in [4.69, 9.17) is 4.74 Å². The molecule has 180 valence electrons. The molecule has 1 heterocycles. The maximum Gasteiger partial charge on any atom is 0.274 e. The summed E-state index contributed by atoms with van der Waals surface area (Å²) in [5.41, 5.74) is 0.335. The van der Waals surface area contributed by atoms with E-state index in [9.17, 15) is 23.4 Å². The van der Waals surface area contributed by atoms with Gasteiger partial charge in [-0.3, -0.25) is 10.1 Å². The molecule has 0 aliphatic carbocycles. The Labute approximate surface area is 206 Å². The van der Waals surface area contributed by atoms with Crippen LogP contribution in [0.15, 0.2) is 83.1 Å². The highest BCUT2D eigenvalue weighted by Gasteiger charge is 2.39. The molecule has 10 heteroatoms. The molecule has 0 aliphatic heterocycles. The Balaban J connectivity index is 1.68. The van der Waals surface area contributed by atoms with E-state index in [0.717, 1.165) is 11.8 Å². The first-order valence-electron chi connectivity index (χ1n) is 10.4. The number of ether oxygens (including phenoxy) is 1. The first kappa shape index (κ1) is 24.2. The molecule has 4 rings (SSSR count). The summed E-state index contributed by atoms with van der Waals surface area (Å²) in [4.78, 5) is 18.1. The number of carbonyl (C=O) groups excluding carboxylic acids is 1. The summed E-state index contributed by atoms with van der Waals surface area (Å²) < 4.78 is 29.8. The average Bonchev–Trinajstić information content (AvgIpc) is 3.30. The van der Waals surface area contributed by atoms with Crippen LogP contribution in [0.3, 0.4) is 0 Å². The van der Waals surface area contributed by atoms with Crippen LogP contribution in [0.25, 0.3) is 11.3 Å². The first-order chi connectivity index (χ1) is 16.6. The van der Waals surface area contributed by atoms with E-state index >= 15 is 0 Å². The van der Waals surface area contributed by atoms with Gasteiger partial charge in [-0.2, -0.15) is 0 Å². The lowest BCUT2D eigenvalue weighted by molar-refractivity contribution is -0.130. The van der Waals surface area contributed by atoms with Crippen LogP contribution in [-0.4, -0.2) is 35.8 Å². The number of hydrogen-bond acceptors (Lipinski definition) is 8. The number of hydrogen-bond donors (Lipinski definition) is 3. The van der Waals surface area contributed by atoms with Gasteiger partial charge in [0.05, 0.1) is 10.6 Å². The van der Waals surface area contributed by atoms with Gasteiger partial charge in [0.1, 0.15) is 5.75 Å². The average molecular weight is 511 g/mol. The number of nitrogens with one attached hydrogen (secondary N) is 1. The zero-order valence-corrected chi connectivity index (χ0v) is 20.4. The molecule has 1 atom stereocenters. The van der Waals surface area contributed by atoms with Crippen molar-refractivity contribution in [3.05, 3.63) is 83.7 Å². The molecule has 35 heavy (non-hydrogen) atoms. The first-order valence-corrected chi connectivity index (χ1v) is 13.2. The number of rotatable bonds is 7. The molecule has 8 nitrogen and oxygen atoms in total. The van der Waals surface area contributed by atoms with Gasteiger partial charge in [0, 0.05) is 28.8 Å². The summed E-state index contributed by atoms with van der Waals surface area (Å²) in [6.07, 6.45) is 1.09. The maximum absolute atomic E-state index is 13.5. The monoisotopic (exact) mass is 510 g/mol. The smallest absolute Gasteiger partial charge is 0.274 e. The number of sulfone groups is 1. The van der Waals surface area contributed by atoms with E-state index in [1.165, 1.54) is 60.7 Å². The van der Waals surface area contributed by atoms with Crippen LogP contribution < -0.4 is 10.1 Å². The highest BCUT2D eigenvalue weighted by molar-refractivity contribution is 7.90. The summed E-state index contributed by atoms with van der Waals surface area (Å²) in [6.45, 7) is 1.52. The number of phenols is 2. The Hall–Kier alpha value is -3.89. The zero-order chi connectivity index (χ0) is 25.2. The van der Waals surface area contributed by atoms with Crippen molar-refractivity contribution in [3.8, 4) is 28.5 Å². The third kappa shape index (κ3) is 5.28. The number of aromatic nitrogens is 1. The topological polar surface area (TPSA) is 126 Å². The predicted molar refractivity (Wildman–Crippen MR) is 133 cm³/mol. The molecule has 0 saturated carbocycles. The van der Waals surface area contributed by atoms with E-state index in [1.54, 1.807) is 0 Å². The Kier molecular flexibility index (Phi) is 6.51. The fourth-order valence-electron chi connectivity index (χ4n) is 3.35. The lowest BCUT2D eigenvalue weighted by atomic mass is 9.94. The SMILES string of the molecule is CC(Oc1ccc(O)c(O)c1)(C(=O)Nc1nc(-c2ccccc2)cs1)c1ccc(S(C)(=O)=O)cc1. The van der Waals surface area contributed by atoms with Crippen molar-refractivity contribution in [1.29, 1.82) is 0 Å². The molecular formula is C25H22N2O6S2. The minimum atomic E-state index is -3.44. The lowest BCUT2D eigenvalue weighted by Gasteiger charge is -2.30. The fourth-order valence-corrected chi connectivity index (χ4v) is 4.69. The van der Waals surface area contributed by atoms with Crippen LogP contribution in [-0.2, 0) is 20.2 Å². The number of carbonyl (C=O) groups is 1. The highest BCUT2D eigenvalue weighted by Crippen LogP contribution is 2.35. The molecule has 3 aromatic carbocycles. The van der Waals surface area contributed by atoms with Gasteiger partial charge in [0.25, 0.3) is 5.91 Å². The quantitative estimate of drug-likeness (QED) is 0.311. The van der Waals surface area contributed by atoms with Gasteiger partial charge in [-0.15, -0.1) is 11.3 Å². The van der Waals surface area contributed by atoms with Crippen LogP contribution in [0.1, 0.15) is 12.5 Å². The van der Waals surface area contributed by atoms with E-state index in [1.807, 2.05) is 35.7 Å². The number of aromatic hydroxyl groups is 2. The van der Waals surface area contributed by atoms with Gasteiger partial charge in [-0.1, -0.05) is 42.5 Å². The molecule has 0 fully saturated rings. The number of anilines is 1. The summed E-state index contributed by atoms with van der Waals surface area (Å²) in [7, 11) is -3.44. The fraction of sp³-hybridized carbons (Fsp3) is 0.120. The standard InChI is InChI=1S/C25H22N2O6S2/c1-25(33-18-10-13-21(28)22(29)14-18,17-8-11-19(12-9-17)35(2,31)32)23(30)27-24-26-20(15-34-24)16-6-4-3-5-7-16/h3-15,28-29H,1-2H3,(H,26,27,30). The summed E-state index contributed by atoms with van der Waals surface area (Å²) >= 11 is 1.25. The van der Waals surface area contributed by atoms with Crippen molar-refractivity contribution >= 4 is 32.2 Å². The molecular weight excluding hydrogens is 488 g/mol. The second-order valence-electron chi connectivity index (χ2n) is 7.94. The minimum absolute atomic E-state index is 0.0960. The van der Waals surface area contributed by atoms with Crippen molar-refractivity contribution < 1.29 is 28.2 Å². The van der Waals surface area contributed by atoms with Crippen molar-refractivity contribution in [1.82, 2.24) is 4.98 Å². The molecule has 1 unspecified atom stereocenters. The number of phenolic OH excluding ortho intramolecular Hbond substituents is 2. The van der Waals surface area contributed by atoms with Gasteiger partial charge in [-0.05, 0) is 31.2 Å². The van der Waals surface area contributed by atoms with Crippen LogP contribution in [0.5, 0.6) is 17.2 Å². The summed E-state index contributed by atoms with van der Waals surface area (Å²) in [5.74, 6) is -1.19. The van der Waals surface area contributed by atoms with Gasteiger partial charge in [-0.25, -0.2) is 13.4 Å². The van der Waals surface area contributed by atoms with Gasteiger partial charge in [0.15, 0.2) is 26.5 Å². The molecule has 1 aromatic heterocycles. The Morgan fingerprint density at radius 2 is 1.69 bits per heavy atom. The van der Waals surface area contributed by atoms with Crippen molar-refractivity contribution in [3.63, 3.8) is 0 Å². The van der Waals surface area contributed by atoms with Gasteiger partial charge < -0.3 is 14.9 Å². The maximum atomic E-state index is 13.5. The van der Waals surface area contributed by atoms with Gasteiger partial charge >= 0.3 is 0 Å². The largest absolute Gasteiger partial charge is 0.504 e. The number of amides is 1. The molecule has 0 aliphatic rings. The third-order valence-corrected chi connectivity index (χ3v) is 7.22. The Bertz CT molecular complexity index is 1470. The molecule has 0 saturated heterocycles. The molecule has 0 bridgehead atoms. The van der Waals surface area contributed by atoms with E-state index in [0.29, 0.717) is 16.4 Å². The Morgan fingerprint density at radius 1 is 1.00 bits per heavy atom. The van der Waals surface area contributed by atoms with Crippen LogP contribution in [0.4, 0.5) is 5.13 Å². The summed E-state index contributed by atoms with van der Waals surface area (Å²) in [6, 6.07) is 19.1. The van der Waals surface area contributed by atoms with Crippen LogP contribution in [0, 0.1) is 0 Å². The van der Waals surface area contributed by atoms with E-state index < -0.39 is 27.1 Å². The van der Waals surface area contributed by atoms with E-state index in [-0.39, 0.29) is 16.4 Å². The van der Waals surface area contributed by atoms with Crippen molar-refractivity contribution in [2.24, 2.45) is 0 Å². The highest BCUT2D eigenvalue weighted by atomic mass is 32.2. The van der Waals surface area contributed by atoms with Crippen LogP contribution in [0.2, 0.25) is 0 Å². The Morgan fingerprint density at radius 3 is 2.31 bits per heavy atom. The van der Waals surface area contributed by atoms with Gasteiger partial charge in [0.2, 0.25) is 5.60 Å². The van der Waals surface area contributed by atoms with Crippen molar-refractivity contribution in [2.75, 3.05) is 11.6 Å². The normalized spacial score (nSPS) is 13.1. The molecule has 0 spiro atoms. The minimum Gasteiger partial charge on any atom is -0.504 e. The molecule has 1 amide bonds. The second kappa shape index (κ2) is 9.40. The summed E-state index contributed by atoms with van der Waals surface area (Å²) in [5, 5.41) is 24.4. The van der Waals surface area contributed by atoms with Crippen LogP contribution >= 0.6 is 11.3 Å². The third-order valence-electron chi connectivity index (χ3n) is 5.33. The van der Waals surface area contributed by atoms with E-state index in [2.05, 4.69) is 10.3 Å². The number of benzene rings is 3. The van der Waals surface area contributed by atoms with Crippen molar-refractivity contribution in [2.45, 2.75) is 17.4 Å².